The maximum Gasteiger partial charge on any atom is 0.411 e. The van der Waals surface area contributed by atoms with Crippen molar-refractivity contribution < 1.29 is 32.5 Å². The number of anilines is 1. The Balaban J connectivity index is 1.60. The highest BCUT2D eigenvalue weighted by atomic mass is 32.2. The molecule has 0 saturated carbocycles. The van der Waals surface area contributed by atoms with Crippen molar-refractivity contribution in [1.29, 1.82) is 0 Å². The number of thioether (sulfide) groups is 1. The molecule has 1 aliphatic rings. The van der Waals surface area contributed by atoms with E-state index in [1.165, 1.54) is 24.3 Å². The molecule has 0 fully saturated rings. The second-order valence-corrected chi connectivity index (χ2v) is 9.17. The van der Waals surface area contributed by atoms with Crippen LogP contribution in [-0.4, -0.2) is 44.2 Å². The van der Waals surface area contributed by atoms with Crippen LogP contribution in [0, 0.1) is 0 Å². The molecule has 4 rings (SSSR count). The number of carboxylic acids is 1. The number of halogens is 3. The number of ether oxygens (including phenoxy) is 2. The molecular weight excluding hydrogens is 479 g/mol. The molecule has 35 heavy (non-hydrogen) atoms. The van der Waals surface area contributed by atoms with Crippen molar-refractivity contribution in [3.63, 3.8) is 0 Å². The predicted octanol–water partition coefficient (Wildman–Crippen LogP) is 4.25. The Labute approximate surface area is 205 Å². The first kappa shape index (κ1) is 24.8. The number of alkyl halides is 3. The molecule has 184 valence electrons. The zero-order valence-corrected chi connectivity index (χ0v) is 19.5. The normalized spacial score (nSPS) is 13.6. The largest absolute Gasteiger partial charge is 0.546 e. The lowest BCUT2D eigenvalue weighted by molar-refractivity contribution is -0.307. The molecule has 0 aromatic heterocycles. The van der Waals surface area contributed by atoms with Gasteiger partial charge in [-0.3, -0.25) is 0 Å². The first-order chi connectivity index (χ1) is 16.8. The van der Waals surface area contributed by atoms with E-state index in [0.717, 1.165) is 11.8 Å². The van der Waals surface area contributed by atoms with Crippen molar-refractivity contribution in [2.75, 3.05) is 37.0 Å². The molecule has 0 amide bonds. The van der Waals surface area contributed by atoms with Crippen molar-refractivity contribution >= 4 is 23.4 Å². The number of hydrogen-bond acceptors (Lipinski definition) is 6. The van der Waals surface area contributed by atoms with E-state index < -0.39 is 23.5 Å². The third kappa shape index (κ3) is 5.19. The average Bonchev–Trinajstić information content (AvgIpc) is 2.85. The number of para-hydroxylation sites is 1. The number of carboxylic acid groups (broad SMARTS) is 1. The van der Waals surface area contributed by atoms with E-state index >= 15 is 0 Å². The average molecular weight is 503 g/mol. The molecule has 0 saturated heterocycles. The van der Waals surface area contributed by atoms with Gasteiger partial charge in [-0.05, 0) is 23.3 Å². The summed E-state index contributed by atoms with van der Waals surface area (Å²) in [6.07, 6.45) is -4.55. The molecule has 0 aliphatic carbocycles. The first-order valence-corrected chi connectivity index (χ1v) is 12.0. The lowest BCUT2D eigenvalue weighted by atomic mass is 9.89. The highest BCUT2D eigenvalue weighted by Crippen LogP contribution is 2.54. The minimum absolute atomic E-state index is 0.170. The van der Waals surface area contributed by atoms with Crippen molar-refractivity contribution in [2.24, 2.45) is 0 Å². The quantitative estimate of drug-likeness (QED) is 0.436. The third-order valence-corrected chi connectivity index (χ3v) is 7.21. The summed E-state index contributed by atoms with van der Waals surface area (Å²) in [6.45, 7) is 0.471. The number of fused-ring (bicyclic) bond motifs is 1. The van der Waals surface area contributed by atoms with Gasteiger partial charge < -0.3 is 24.3 Å². The third-order valence-electron chi connectivity index (χ3n) is 5.69. The van der Waals surface area contributed by atoms with Crippen LogP contribution >= 0.6 is 11.8 Å². The maximum absolute atomic E-state index is 14.8. The van der Waals surface area contributed by atoms with Gasteiger partial charge in [-0.1, -0.05) is 66.7 Å². The van der Waals surface area contributed by atoms with E-state index in [0.29, 0.717) is 31.1 Å². The van der Waals surface area contributed by atoms with Crippen LogP contribution in [0.25, 0.3) is 0 Å². The highest BCUT2D eigenvalue weighted by Gasteiger charge is 2.57. The molecule has 0 radical (unpaired) electrons. The van der Waals surface area contributed by atoms with E-state index in [1.54, 1.807) is 54.6 Å². The fourth-order valence-corrected chi connectivity index (χ4v) is 5.54. The predicted molar refractivity (Wildman–Crippen MR) is 127 cm³/mol. The van der Waals surface area contributed by atoms with Crippen molar-refractivity contribution in [3.05, 3.63) is 90.0 Å². The van der Waals surface area contributed by atoms with Crippen LogP contribution in [0.2, 0.25) is 0 Å². The SMILES string of the molecule is O=C([O-])COc1cccc2c1OCCN2CCSC(c1ccccc1)(c1ccccc1)C(F)(F)F. The summed E-state index contributed by atoms with van der Waals surface area (Å²) in [6, 6.07) is 21.0. The fraction of sp³-hybridized carbons (Fsp3) is 0.269. The minimum atomic E-state index is -4.55. The Morgan fingerprint density at radius 3 is 2.17 bits per heavy atom. The maximum atomic E-state index is 14.8. The summed E-state index contributed by atoms with van der Waals surface area (Å²) in [5, 5.41) is 10.8. The minimum Gasteiger partial charge on any atom is -0.546 e. The molecule has 0 bridgehead atoms. The number of carbonyl (C=O) groups excluding carboxylic acids is 1. The smallest absolute Gasteiger partial charge is 0.411 e. The number of nitrogens with zero attached hydrogens (tertiary/aromatic N) is 1. The van der Waals surface area contributed by atoms with Gasteiger partial charge in [0.1, 0.15) is 13.2 Å². The second-order valence-electron chi connectivity index (χ2n) is 7.86. The zero-order chi connectivity index (χ0) is 24.9. The Bertz CT molecular complexity index is 1100. The Morgan fingerprint density at radius 1 is 0.971 bits per heavy atom. The van der Waals surface area contributed by atoms with Gasteiger partial charge >= 0.3 is 6.18 Å². The summed E-state index contributed by atoms with van der Waals surface area (Å²) < 4.78 is 53.2. The van der Waals surface area contributed by atoms with E-state index in [1.807, 2.05) is 4.90 Å². The van der Waals surface area contributed by atoms with E-state index in [9.17, 15) is 23.1 Å². The lowest BCUT2D eigenvalue weighted by Gasteiger charge is -2.38. The molecule has 3 aromatic carbocycles. The molecule has 9 heteroatoms. The molecule has 1 heterocycles. The Morgan fingerprint density at radius 2 is 1.60 bits per heavy atom. The van der Waals surface area contributed by atoms with Gasteiger partial charge in [-0.15, -0.1) is 11.8 Å². The van der Waals surface area contributed by atoms with Crippen LogP contribution in [-0.2, 0) is 9.54 Å². The summed E-state index contributed by atoms with van der Waals surface area (Å²) >= 11 is 0.844. The van der Waals surface area contributed by atoms with Crippen LogP contribution in [0.3, 0.4) is 0 Å². The Hall–Kier alpha value is -3.33. The second kappa shape index (κ2) is 10.5. The van der Waals surface area contributed by atoms with Crippen molar-refractivity contribution in [3.8, 4) is 11.5 Å². The molecule has 3 aromatic rings. The number of hydrogen-bond donors (Lipinski definition) is 0. The lowest BCUT2D eigenvalue weighted by Crippen LogP contribution is -2.42. The van der Waals surface area contributed by atoms with E-state index in [-0.39, 0.29) is 22.6 Å². The monoisotopic (exact) mass is 502 g/mol. The number of aliphatic carboxylic acids is 1. The molecular formula is C26H23F3NO4S-. The topological polar surface area (TPSA) is 61.8 Å². The van der Waals surface area contributed by atoms with Gasteiger partial charge in [0.2, 0.25) is 0 Å². The Kier molecular flexibility index (Phi) is 7.45. The van der Waals surface area contributed by atoms with Crippen LogP contribution in [0.4, 0.5) is 18.9 Å². The van der Waals surface area contributed by atoms with Crippen molar-refractivity contribution in [1.82, 2.24) is 0 Å². The van der Waals surface area contributed by atoms with Gasteiger partial charge in [-0.2, -0.15) is 13.2 Å². The summed E-state index contributed by atoms with van der Waals surface area (Å²) in [7, 11) is 0. The van der Waals surface area contributed by atoms with E-state index in [4.69, 9.17) is 9.47 Å². The molecule has 0 spiro atoms. The number of benzene rings is 3. The van der Waals surface area contributed by atoms with E-state index in [2.05, 4.69) is 0 Å². The standard InChI is InChI=1S/C26H24F3NO4S/c27-26(28,29)25(19-8-3-1-4-9-19,20-10-5-2-6-11-20)35-17-15-30-14-16-33-24-21(30)12-7-13-22(24)34-18-23(31)32/h1-13H,14-18H2,(H,31,32)/p-1. The first-order valence-electron chi connectivity index (χ1n) is 11.0. The van der Waals surface area contributed by atoms with Gasteiger partial charge in [0.25, 0.3) is 0 Å². The van der Waals surface area contributed by atoms with Gasteiger partial charge in [0, 0.05) is 12.3 Å². The zero-order valence-electron chi connectivity index (χ0n) is 18.7. The molecule has 0 unspecified atom stereocenters. The van der Waals surface area contributed by atoms with Gasteiger partial charge in [0.05, 0.1) is 18.2 Å². The molecule has 0 N–H and O–H groups in total. The van der Waals surface area contributed by atoms with Crippen LogP contribution in [0.15, 0.2) is 78.9 Å². The van der Waals surface area contributed by atoms with Gasteiger partial charge in [-0.25, -0.2) is 0 Å². The molecule has 0 atom stereocenters. The summed E-state index contributed by atoms with van der Waals surface area (Å²) in [5.74, 6) is -0.565. The number of rotatable bonds is 9. The van der Waals surface area contributed by atoms with Gasteiger partial charge in [0.15, 0.2) is 16.2 Å². The van der Waals surface area contributed by atoms with Crippen LogP contribution in [0.5, 0.6) is 11.5 Å². The summed E-state index contributed by atoms with van der Waals surface area (Å²) in [4.78, 5) is 12.7. The fourth-order valence-electron chi connectivity index (χ4n) is 4.16. The molecule has 5 nitrogen and oxygen atoms in total. The number of carbonyl (C=O) groups is 1. The highest BCUT2D eigenvalue weighted by molar-refractivity contribution is 8.00. The van der Waals surface area contributed by atoms with Crippen molar-refractivity contribution in [2.45, 2.75) is 10.9 Å². The van der Waals surface area contributed by atoms with Crippen LogP contribution < -0.4 is 19.5 Å². The molecule has 1 aliphatic heterocycles. The summed E-state index contributed by atoms with van der Waals surface area (Å²) in [5.41, 5.74) is 0.984. The van der Waals surface area contributed by atoms with Crippen LogP contribution in [0.1, 0.15) is 11.1 Å².